The highest BCUT2D eigenvalue weighted by molar-refractivity contribution is 9.10. The maximum Gasteiger partial charge on any atom is 0.181 e. The molecule has 0 spiro atoms. The molecule has 0 unspecified atom stereocenters. The van der Waals surface area contributed by atoms with Crippen LogP contribution in [0.1, 0.15) is 16.9 Å². The smallest absolute Gasteiger partial charge is 0.181 e. The third-order valence-electron chi connectivity index (χ3n) is 2.61. The number of nitrogens with two attached hydrogens (primary N) is 1. The summed E-state index contributed by atoms with van der Waals surface area (Å²) in [6.07, 6.45) is 1.73. The first kappa shape index (κ1) is 11.2. The Bertz CT molecular complexity index is 494. The molecule has 3 nitrogen and oxygen atoms in total. The fourth-order valence-corrected chi connectivity index (χ4v) is 1.96. The molecule has 1 aromatic carbocycles. The van der Waals surface area contributed by atoms with Crippen molar-refractivity contribution in [3.63, 3.8) is 0 Å². The van der Waals surface area contributed by atoms with Crippen molar-refractivity contribution in [2.75, 3.05) is 5.73 Å². The van der Waals surface area contributed by atoms with Crippen molar-refractivity contribution in [3.8, 4) is 0 Å². The molecule has 4 heteroatoms. The zero-order chi connectivity index (χ0) is 11.5. The van der Waals surface area contributed by atoms with Gasteiger partial charge in [-0.05, 0) is 40.4 Å². The van der Waals surface area contributed by atoms with Gasteiger partial charge in [-0.1, -0.05) is 29.4 Å². The van der Waals surface area contributed by atoms with Crippen molar-refractivity contribution in [2.45, 2.75) is 19.8 Å². The van der Waals surface area contributed by atoms with Crippen LogP contribution in [0, 0.1) is 6.92 Å². The van der Waals surface area contributed by atoms with Crippen LogP contribution in [-0.2, 0) is 12.8 Å². The Morgan fingerprint density at radius 1 is 1.31 bits per heavy atom. The van der Waals surface area contributed by atoms with E-state index in [9.17, 15) is 0 Å². The van der Waals surface area contributed by atoms with E-state index in [0.717, 1.165) is 23.1 Å². The molecule has 16 heavy (non-hydrogen) atoms. The first-order valence-electron chi connectivity index (χ1n) is 5.12. The van der Waals surface area contributed by atoms with Gasteiger partial charge in [0.1, 0.15) is 4.47 Å². The van der Waals surface area contributed by atoms with Gasteiger partial charge in [0.15, 0.2) is 11.6 Å². The first-order valence-corrected chi connectivity index (χ1v) is 5.92. The lowest BCUT2D eigenvalue weighted by molar-refractivity contribution is 0.385. The number of nitrogen functional groups attached to an aromatic ring is 1. The Morgan fingerprint density at radius 2 is 2.06 bits per heavy atom. The van der Waals surface area contributed by atoms with Crippen molar-refractivity contribution in [2.24, 2.45) is 0 Å². The second-order valence-corrected chi connectivity index (χ2v) is 4.52. The van der Waals surface area contributed by atoms with Gasteiger partial charge in [0, 0.05) is 6.42 Å². The molecule has 0 aliphatic rings. The number of halogens is 1. The van der Waals surface area contributed by atoms with E-state index in [-0.39, 0.29) is 0 Å². The van der Waals surface area contributed by atoms with Crippen molar-refractivity contribution in [3.05, 3.63) is 45.6 Å². The van der Waals surface area contributed by atoms with Crippen molar-refractivity contribution in [1.82, 2.24) is 5.16 Å². The molecule has 2 aromatic rings. The SMILES string of the molecule is Cc1ccccc1CCc1onc(N)c1Br. The summed E-state index contributed by atoms with van der Waals surface area (Å²) < 4.78 is 5.91. The summed E-state index contributed by atoms with van der Waals surface area (Å²) in [4.78, 5) is 0. The molecule has 1 aromatic heterocycles. The number of anilines is 1. The quantitative estimate of drug-likeness (QED) is 0.940. The average molecular weight is 281 g/mol. The monoisotopic (exact) mass is 280 g/mol. The summed E-state index contributed by atoms with van der Waals surface area (Å²) in [6.45, 7) is 2.11. The largest absolute Gasteiger partial charge is 0.380 e. The highest BCUT2D eigenvalue weighted by Gasteiger charge is 2.10. The Kier molecular flexibility index (Phi) is 3.29. The van der Waals surface area contributed by atoms with E-state index < -0.39 is 0 Å². The molecule has 0 aliphatic heterocycles. The number of hydrogen-bond donors (Lipinski definition) is 1. The minimum Gasteiger partial charge on any atom is -0.380 e. The molecule has 0 saturated carbocycles. The Labute approximate surface area is 103 Å². The van der Waals surface area contributed by atoms with Gasteiger partial charge >= 0.3 is 0 Å². The molecule has 0 aliphatic carbocycles. The molecule has 0 saturated heterocycles. The summed E-state index contributed by atoms with van der Waals surface area (Å²) in [5.74, 6) is 1.22. The lowest BCUT2D eigenvalue weighted by Gasteiger charge is -2.03. The topological polar surface area (TPSA) is 52.0 Å². The minimum atomic E-state index is 0.416. The third-order valence-corrected chi connectivity index (χ3v) is 3.46. The molecule has 2 rings (SSSR count). The van der Waals surface area contributed by atoms with Gasteiger partial charge in [-0.3, -0.25) is 0 Å². The molecular formula is C12H13BrN2O. The zero-order valence-corrected chi connectivity index (χ0v) is 10.6. The number of aromatic nitrogens is 1. The number of rotatable bonds is 3. The normalized spacial score (nSPS) is 10.6. The van der Waals surface area contributed by atoms with Gasteiger partial charge in [-0.25, -0.2) is 0 Å². The van der Waals surface area contributed by atoms with E-state index in [4.69, 9.17) is 10.3 Å². The summed E-state index contributed by atoms with van der Waals surface area (Å²) in [6, 6.07) is 8.33. The summed E-state index contributed by atoms with van der Waals surface area (Å²) in [5, 5.41) is 3.71. The molecule has 0 atom stereocenters. The predicted octanol–water partition coefficient (Wildman–Crippen LogP) is 3.11. The number of aryl methyl sites for hydroxylation is 3. The second-order valence-electron chi connectivity index (χ2n) is 3.73. The molecule has 0 radical (unpaired) electrons. The standard InChI is InChI=1S/C12H13BrN2O/c1-8-4-2-3-5-9(8)6-7-10-11(13)12(14)15-16-10/h2-5H,6-7H2,1H3,(H2,14,15). The molecule has 0 bridgehead atoms. The maximum atomic E-state index is 5.59. The summed E-state index contributed by atoms with van der Waals surface area (Å²) in [5.41, 5.74) is 8.21. The number of nitrogens with zero attached hydrogens (tertiary/aromatic N) is 1. The first-order chi connectivity index (χ1) is 7.68. The van der Waals surface area contributed by atoms with Crippen LogP contribution in [0.5, 0.6) is 0 Å². The van der Waals surface area contributed by atoms with Crippen LogP contribution in [0.4, 0.5) is 5.82 Å². The maximum absolute atomic E-state index is 5.59. The van der Waals surface area contributed by atoms with Gasteiger partial charge in [-0.2, -0.15) is 0 Å². The average Bonchev–Trinajstić information content (AvgIpc) is 2.59. The Morgan fingerprint density at radius 3 is 2.69 bits per heavy atom. The van der Waals surface area contributed by atoms with Crippen molar-refractivity contribution >= 4 is 21.7 Å². The summed E-state index contributed by atoms with van der Waals surface area (Å²) in [7, 11) is 0. The van der Waals surface area contributed by atoms with Gasteiger partial charge in [0.05, 0.1) is 0 Å². The van der Waals surface area contributed by atoms with E-state index in [1.807, 2.05) is 12.1 Å². The summed E-state index contributed by atoms with van der Waals surface area (Å²) >= 11 is 3.36. The highest BCUT2D eigenvalue weighted by atomic mass is 79.9. The van der Waals surface area contributed by atoms with E-state index in [1.165, 1.54) is 11.1 Å². The van der Waals surface area contributed by atoms with Crippen LogP contribution >= 0.6 is 15.9 Å². The number of benzene rings is 1. The van der Waals surface area contributed by atoms with Crippen molar-refractivity contribution < 1.29 is 4.52 Å². The van der Waals surface area contributed by atoms with Crippen LogP contribution in [0.25, 0.3) is 0 Å². The lowest BCUT2D eigenvalue weighted by atomic mass is 10.0. The molecular weight excluding hydrogens is 268 g/mol. The molecule has 84 valence electrons. The lowest BCUT2D eigenvalue weighted by Crippen LogP contribution is -1.93. The van der Waals surface area contributed by atoms with E-state index in [0.29, 0.717) is 5.82 Å². The van der Waals surface area contributed by atoms with E-state index in [2.05, 4.69) is 40.1 Å². The molecule has 2 N–H and O–H groups in total. The van der Waals surface area contributed by atoms with Gasteiger partial charge in [0.2, 0.25) is 0 Å². The van der Waals surface area contributed by atoms with Crippen LogP contribution in [0.15, 0.2) is 33.3 Å². The molecule has 0 amide bonds. The predicted molar refractivity (Wildman–Crippen MR) is 67.2 cm³/mol. The zero-order valence-electron chi connectivity index (χ0n) is 9.03. The van der Waals surface area contributed by atoms with Gasteiger partial charge < -0.3 is 10.3 Å². The van der Waals surface area contributed by atoms with Crippen LogP contribution < -0.4 is 5.73 Å². The highest BCUT2D eigenvalue weighted by Crippen LogP contribution is 2.24. The Balaban J connectivity index is 2.08. The molecule has 1 heterocycles. The van der Waals surface area contributed by atoms with Crippen molar-refractivity contribution in [1.29, 1.82) is 0 Å². The second kappa shape index (κ2) is 4.70. The van der Waals surface area contributed by atoms with Gasteiger partial charge in [-0.15, -0.1) is 0 Å². The van der Waals surface area contributed by atoms with E-state index in [1.54, 1.807) is 0 Å². The minimum absolute atomic E-state index is 0.416. The fraction of sp³-hybridized carbons (Fsp3) is 0.250. The third kappa shape index (κ3) is 2.27. The van der Waals surface area contributed by atoms with Crippen LogP contribution in [0.3, 0.4) is 0 Å². The van der Waals surface area contributed by atoms with E-state index >= 15 is 0 Å². The Hall–Kier alpha value is -1.29. The van der Waals surface area contributed by atoms with Crippen LogP contribution in [0.2, 0.25) is 0 Å². The van der Waals surface area contributed by atoms with Gasteiger partial charge in [0.25, 0.3) is 0 Å². The number of hydrogen-bond acceptors (Lipinski definition) is 3. The molecule has 0 fully saturated rings. The van der Waals surface area contributed by atoms with Crippen LogP contribution in [-0.4, -0.2) is 5.16 Å². The fourth-order valence-electron chi connectivity index (χ4n) is 1.62.